The van der Waals surface area contributed by atoms with Crippen molar-refractivity contribution in [3.8, 4) is 0 Å². The van der Waals surface area contributed by atoms with Gasteiger partial charge in [0, 0.05) is 19.4 Å². The summed E-state index contributed by atoms with van der Waals surface area (Å²) in [6.07, 6.45) is 2.23. The molecule has 0 saturated heterocycles. The van der Waals surface area contributed by atoms with Crippen LogP contribution in [-0.4, -0.2) is 34.3 Å². The molecule has 5 nitrogen and oxygen atoms in total. The van der Waals surface area contributed by atoms with Crippen LogP contribution in [0.1, 0.15) is 21.6 Å². The summed E-state index contributed by atoms with van der Waals surface area (Å²) in [4.78, 5) is 14.9. The van der Waals surface area contributed by atoms with Crippen molar-refractivity contribution in [2.75, 3.05) is 13.2 Å². The SMILES string of the molecule is NC(=O)c1nccc(CCO)c1CCO. The normalized spacial score (nSPS) is 10.3. The van der Waals surface area contributed by atoms with Gasteiger partial charge < -0.3 is 15.9 Å². The second-order valence-electron chi connectivity index (χ2n) is 3.11. The summed E-state index contributed by atoms with van der Waals surface area (Å²) >= 11 is 0. The van der Waals surface area contributed by atoms with E-state index in [1.807, 2.05) is 0 Å². The van der Waals surface area contributed by atoms with Gasteiger partial charge in [0.15, 0.2) is 0 Å². The monoisotopic (exact) mass is 210 g/mol. The first-order valence-electron chi connectivity index (χ1n) is 4.69. The summed E-state index contributed by atoms with van der Waals surface area (Å²) in [5.74, 6) is -0.613. The molecule has 0 spiro atoms. The van der Waals surface area contributed by atoms with Crippen molar-refractivity contribution in [2.24, 2.45) is 5.73 Å². The second kappa shape index (κ2) is 5.43. The number of carbonyl (C=O) groups excluding carboxylic acids is 1. The predicted octanol–water partition coefficient (Wildman–Crippen LogP) is -0.750. The van der Waals surface area contributed by atoms with Gasteiger partial charge in [-0.25, -0.2) is 0 Å². The maximum absolute atomic E-state index is 11.1. The van der Waals surface area contributed by atoms with E-state index in [0.29, 0.717) is 18.4 Å². The Balaban J connectivity index is 3.15. The number of nitrogens with two attached hydrogens (primary N) is 1. The molecule has 1 aromatic rings. The van der Waals surface area contributed by atoms with Gasteiger partial charge in [-0.2, -0.15) is 0 Å². The number of pyridine rings is 1. The molecule has 0 aliphatic carbocycles. The molecule has 0 fully saturated rings. The molecule has 1 rings (SSSR count). The van der Waals surface area contributed by atoms with Gasteiger partial charge in [0.25, 0.3) is 5.91 Å². The van der Waals surface area contributed by atoms with Crippen LogP contribution in [0.4, 0.5) is 0 Å². The highest BCUT2D eigenvalue weighted by atomic mass is 16.3. The number of aliphatic hydroxyl groups is 2. The van der Waals surface area contributed by atoms with E-state index in [4.69, 9.17) is 15.9 Å². The van der Waals surface area contributed by atoms with Crippen LogP contribution >= 0.6 is 0 Å². The van der Waals surface area contributed by atoms with E-state index in [1.165, 1.54) is 6.20 Å². The molecule has 0 atom stereocenters. The van der Waals surface area contributed by atoms with E-state index in [2.05, 4.69) is 4.98 Å². The van der Waals surface area contributed by atoms with Crippen LogP contribution in [0.2, 0.25) is 0 Å². The Bertz CT molecular complexity index is 353. The lowest BCUT2D eigenvalue weighted by atomic mass is 10.0. The average molecular weight is 210 g/mol. The minimum Gasteiger partial charge on any atom is -0.396 e. The number of amides is 1. The van der Waals surface area contributed by atoms with Crippen LogP contribution in [0.5, 0.6) is 0 Å². The molecule has 4 N–H and O–H groups in total. The van der Waals surface area contributed by atoms with E-state index in [-0.39, 0.29) is 18.9 Å². The summed E-state index contributed by atoms with van der Waals surface area (Å²) in [6.45, 7) is -0.0922. The van der Waals surface area contributed by atoms with E-state index in [0.717, 1.165) is 5.56 Å². The Morgan fingerprint density at radius 1 is 1.33 bits per heavy atom. The van der Waals surface area contributed by atoms with Gasteiger partial charge in [-0.1, -0.05) is 0 Å². The lowest BCUT2D eigenvalue weighted by molar-refractivity contribution is 0.0994. The van der Waals surface area contributed by atoms with Crippen molar-refractivity contribution in [2.45, 2.75) is 12.8 Å². The molecule has 0 bridgehead atoms. The molecule has 1 amide bonds. The third-order valence-electron chi connectivity index (χ3n) is 2.13. The number of rotatable bonds is 5. The number of hydrogen-bond donors (Lipinski definition) is 3. The summed E-state index contributed by atoms with van der Waals surface area (Å²) in [5, 5.41) is 17.7. The van der Waals surface area contributed by atoms with Crippen molar-refractivity contribution in [3.05, 3.63) is 29.1 Å². The third-order valence-corrected chi connectivity index (χ3v) is 2.13. The number of aliphatic hydroxyl groups excluding tert-OH is 2. The van der Waals surface area contributed by atoms with Gasteiger partial charge in [0.1, 0.15) is 5.69 Å². The minimum atomic E-state index is -0.613. The first-order chi connectivity index (χ1) is 7.20. The zero-order chi connectivity index (χ0) is 11.3. The fourth-order valence-corrected chi connectivity index (χ4v) is 1.49. The molecule has 1 aromatic heterocycles. The molecule has 1 heterocycles. The zero-order valence-corrected chi connectivity index (χ0v) is 8.31. The van der Waals surface area contributed by atoms with Crippen LogP contribution in [0, 0.1) is 0 Å². The molecule has 5 heteroatoms. The van der Waals surface area contributed by atoms with E-state index >= 15 is 0 Å². The largest absolute Gasteiger partial charge is 0.396 e. The highest BCUT2D eigenvalue weighted by molar-refractivity contribution is 5.92. The maximum Gasteiger partial charge on any atom is 0.267 e. The summed E-state index contributed by atoms with van der Waals surface area (Å²) in [5.41, 5.74) is 6.77. The van der Waals surface area contributed by atoms with Crippen molar-refractivity contribution >= 4 is 5.91 Å². The molecule has 0 aliphatic heterocycles. The molecular weight excluding hydrogens is 196 g/mol. The third kappa shape index (κ3) is 2.74. The smallest absolute Gasteiger partial charge is 0.267 e. The van der Waals surface area contributed by atoms with Gasteiger partial charge >= 0.3 is 0 Å². The molecule has 0 saturated carbocycles. The molecule has 0 aromatic carbocycles. The number of hydrogen-bond acceptors (Lipinski definition) is 4. The van der Waals surface area contributed by atoms with Crippen LogP contribution in [0.3, 0.4) is 0 Å². The zero-order valence-electron chi connectivity index (χ0n) is 8.31. The maximum atomic E-state index is 11.1. The summed E-state index contributed by atoms with van der Waals surface area (Å²) < 4.78 is 0. The van der Waals surface area contributed by atoms with Crippen LogP contribution in [0.25, 0.3) is 0 Å². The highest BCUT2D eigenvalue weighted by Gasteiger charge is 2.12. The highest BCUT2D eigenvalue weighted by Crippen LogP contribution is 2.13. The second-order valence-corrected chi connectivity index (χ2v) is 3.11. The minimum absolute atomic E-state index is 0.0133. The molecule has 15 heavy (non-hydrogen) atoms. The Morgan fingerprint density at radius 2 is 2.00 bits per heavy atom. The van der Waals surface area contributed by atoms with Crippen LogP contribution in [0.15, 0.2) is 12.3 Å². The van der Waals surface area contributed by atoms with Gasteiger partial charge in [0.2, 0.25) is 0 Å². The first kappa shape index (κ1) is 11.6. The fourth-order valence-electron chi connectivity index (χ4n) is 1.49. The van der Waals surface area contributed by atoms with Gasteiger partial charge in [-0.3, -0.25) is 9.78 Å². The van der Waals surface area contributed by atoms with E-state index in [1.54, 1.807) is 6.07 Å². The Labute approximate surface area is 87.6 Å². The van der Waals surface area contributed by atoms with Gasteiger partial charge in [-0.15, -0.1) is 0 Å². The number of nitrogens with zero attached hydrogens (tertiary/aromatic N) is 1. The van der Waals surface area contributed by atoms with Gasteiger partial charge in [-0.05, 0) is 30.0 Å². The summed E-state index contributed by atoms with van der Waals surface area (Å²) in [6, 6.07) is 1.72. The molecular formula is C10H14N2O3. The van der Waals surface area contributed by atoms with Crippen molar-refractivity contribution < 1.29 is 15.0 Å². The van der Waals surface area contributed by atoms with E-state index < -0.39 is 5.91 Å². The molecule has 0 unspecified atom stereocenters. The molecule has 0 radical (unpaired) electrons. The van der Waals surface area contributed by atoms with Crippen LogP contribution in [-0.2, 0) is 12.8 Å². The molecule has 82 valence electrons. The number of aromatic nitrogens is 1. The standard InChI is InChI=1S/C10H14N2O3/c11-10(15)9-8(3-6-14)7(2-5-13)1-4-12-9/h1,4,13-14H,2-3,5-6H2,(H2,11,15). The van der Waals surface area contributed by atoms with E-state index in [9.17, 15) is 4.79 Å². The average Bonchev–Trinajstić information content (AvgIpc) is 2.21. The quantitative estimate of drug-likeness (QED) is 0.595. The Hall–Kier alpha value is -1.46. The lowest BCUT2D eigenvalue weighted by Crippen LogP contribution is -2.18. The Kier molecular flexibility index (Phi) is 4.20. The lowest BCUT2D eigenvalue weighted by Gasteiger charge is -2.09. The van der Waals surface area contributed by atoms with Crippen molar-refractivity contribution in [1.82, 2.24) is 4.98 Å². The first-order valence-corrected chi connectivity index (χ1v) is 4.69. The Morgan fingerprint density at radius 3 is 2.53 bits per heavy atom. The summed E-state index contributed by atoms with van der Waals surface area (Å²) in [7, 11) is 0. The van der Waals surface area contributed by atoms with Crippen molar-refractivity contribution in [3.63, 3.8) is 0 Å². The fraction of sp³-hybridized carbons (Fsp3) is 0.400. The molecule has 0 aliphatic rings. The number of primary amides is 1. The van der Waals surface area contributed by atoms with Crippen LogP contribution < -0.4 is 5.73 Å². The topological polar surface area (TPSA) is 96.4 Å². The number of carbonyl (C=O) groups is 1. The van der Waals surface area contributed by atoms with Gasteiger partial charge in [0.05, 0.1) is 0 Å². The predicted molar refractivity (Wildman–Crippen MR) is 54.3 cm³/mol. The van der Waals surface area contributed by atoms with Crippen molar-refractivity contribution in [1.29, 1.82) is 0 Å².